The van der Waals surface area contributed by atoms with E-state index in [0.29, 0.717) is 16.8 Å². The van der Waals surface area contributed by atoms with E-state index in [9.17, 15) is 4.79 Å². The summed E-state index contributed by atoms with van der Waals surface area (Å²) in [7, 11) is 0. The molecule has 134 valence electrons. The van der Waals surface area contributed by atoms with Crippen LogP contribution in [-0.4, -0.2) is 28.2 Å². The Morgan fingerprint density at radius 2 is 1.92 bits per heavy atom. The molecule has 3 rings (SSSR count). The number of amides is 1. The monoisotopic (exact) mass is 387 g/mol. The molecule has 1 heterocycles. The molecule has 2 N–H and O–H groups in total. The summed E-state index contributed by atoms with van der Waals surface area (Å²) in [4.78, 5) is 19.6. The molecule has 0 radical (unpaired) electrons. The first-order valence-corrected chi connectivity index (χ1v) is 9.47. The molecule has 0 aliphatic heterocycles. The standard InChI is InChI=1S/C19H18ClN3O2S/c1-2-25-16-9-7-15(8-10-16)22-18(24)12-26-19-21-11-17(23-19)13-3-5-14(20)6-4-13/h3-11H,2,12H2,1H3,(H,21,23)(H,22,24). The number of carbonyl (C=O) groups excluding carboxylic acids is 1. The summed E-state index contributed by atoms with van der Waals surface area (Å²) in [5.74, 6) is 0.953. The predicted octanol–water partition coefficient (Wildman–Crippen LogP) is 4.86. The highest BCUT2D eigenvalue weighted by Gasteiger charge is 2.08. The minimum absolute atomic E-state index is 0.0939. The molecule has 0 aliphatic carbocycles. The van der Waals surface area contributed by atoms with Gasteiger partial charge in [-0.3, -0.25) is 4.79 Å². The van der Waals surface area contributed by atoms with Crippen LogP contribution in [0.5, 0.6) is 5.75 Å². The number of benzene rings is 2. The van der Waals surface area contributed by atoms with Gasteiger partial charge in [-0.15, -0.1) is 0 Å². The number of nitrogens with one attached hydrogen (secondary N) is 2. The summed E-state index contributed by atoms with van der Waals surface area (Å²) in [5.41, 5.74) is 2.61. The van der Waals surface area contributed by atoms with Crippen LogP contribution < -0.4 is 10.1 Å². The molecule has 0 fully saturated rings. The van der Waals surface area contributed by atoms with Gasteiger partial charge in [0.15, 0.2) is 5.16 Å². The quantitative estimate of drug-likeness (QED) is 0.568. The Hall–Kier alpha value is -2.44. The summed E-state index contributed by atoms with van der Waals surface area (Å²) in [6.07, 6.45) is 1.75. The Labute approximate surface area is 161 Å². The van der Waals surface area contributed by atoms with Crippen molar-refractivity contribution in [2.24, 2.45) is 0 Å². The van der Waals surface area contributed by atoms with Crippen molar-refractivity contribution >= 4 is 35.0 Å². The number of thioether (sulfide) groups is 1. The lowest BCUT2D eigenvalue weighted by Crippen LogP contribution is -2.14. The topological polar surface area (TPSA) is 67.0 Å². The minimum Gasteiger partial charge on any atom is -0.494 e. The van der Waals surface area contributed by atoms with Gasteiger partial charge in [0.05, 0.1) is 24.3 Å². The number of aromatic amines is 1. The molecular formula is C19H18ClN3O2S. The van der Waals surface area contributed by atoms with Gasteiger partial charge in [0.1, 0.15) is 5.75 Å². The van der Waals surface area contributed by atoms with Gasteiger partial charge >= 0.3 is 0 Å². The third kappa shape index (κ3) is 5.03. The molecule has 5 nitrogen and oxygen atoms in total. The van der Waals surface area contributed by atoms with Crippen LogP contribution in [0.3, 0.4) is 0 Å². The highest BCUT2D eigenvalue weighted by Crippen LogP contribution is 2.23. The molecule has 0 spiro atoms. The molecule has 1 aromatic heterocycles. The van der Waals surface area contributed by atoms with E-state index in [1.165, 1.54) is 11.8 Å². The van der Waals surface area contributed by atoms with Gasteiger partial charge in [-0.1, -0.05) is 35.5 Å². The number of aromatic nitrogens is 2. The van der Waals surface area contributed by atoms with E-state index in [2.05, 4.69) is 15.3 Å². The summed E-state index contributed by atoms with van der Waals surface area (Å²) >= 11 is 7.25. The number of rotatable bonds is 7. The van der Waals surface area contributed by atoms with Crippen molar-refractivity contribution in [2.75, 3.05) is 17.7 Å². The number of H-pyrrole nitrogens is 1. The minimum atomic E-state index is -0.0939. The maximum Gasteiger partial charge on any atom is 0.234 e. The van der Waals surface area contributed by atoms with Crippen molar-refractivity contribution in [1.82, 2.24) is 9.97 Å². The molecule has 0 aliphatic rings. The van der Waals surface area contributed by atoms with Crippen molar-refractivity contribution in [3.63, 3.8) is 0 Å². The van der Waals surface area contributed by atoms with Crippen LogP contribution in [0.25, 0.3) is 11.3 Å². The third-order valence-corrected chi connectivity index (χ3v) is 4.64. The maximum absolute atomic E-state index is 12.1. The van der Waals surface area contributed by atoms with Gasteiger partial charge in [0.2, 0.25) is 5.91 Å². The number of hydrogen-bond donors (Lipinski definition) is 2. The number of halogens is 1. The van der Waals surface area contributed by atoms with Crippen LogP contribution >= 0.6 is 23.4 Å². The number of anilines is 1. The van der Waals surface area contributed by atoms with Crippen LogP contribution in [-0.2, 0) is 4.79 Å². The van der Waals surface area contributed by atoms with Gasteiger partial charge in [-0.25, -0.2) is 4.98 Å². The normalized spacial score (nSPS) is 10.5. The molecule has 0 atom stereocenters. The van der Waals surface area contributed by atoms with E-state index in [0.717, 1.165) is 22.7 Å². The van der Waals surface area contributed by atoms with E-state index in [1.807, 2.05) is 55.5 Å². The van der Waals surface area contributed by atoms with Crippen molar-refractivity contribution < 1.29 is 9.53 Å². The Morgan fingerprint density at radius 3 is 2.62 bits per heavy atom. The molecule has 0 saturated carbocycles. The van der Waals surface area contributed by atoms with Crippen molar-refractivity contribution in [3.05, 3.63) is 59.8 Å². The van der Waals surface area contributed by atoms with Gasteiger partial charge < -0.3 is 15.0 Å². The summed E-state index contributed by atoms with van der Waals surface area (Å²) in [6.45, 7) is 2.55. The maximum atomic E-state index is 12.1. The zero-order valence-electron chi connectivity index (χ0n) is 14.2. The zero-order chi connectivity index (χ0) is 18.4. The SMILES string of the molecule is CCOc1ccc(NC(=O)CSc2ncc(-c3ccc(Cl)cc3)[nH]2)cc1. The van der Waals surface area contributed by atoms with Crippen LogP contribution in [0.15, 0.2) is 59.9 Å². The fraction of sp³-hybridized carbons (Fsp3) is 0.158. The summed E-state index contributed by atoms with van der Waals surface area (Å²) < 4.78 is 5.38. The van der Waals surface area contributed by atoms with Crippen molar-refractivity contribution in [1.29, 1.82) is 0 Å². The molecule has 2 aromatic carbocycles. The van der Waals surface area contributed by atoms with Crippen molar-refractivity contribution in [3.8, 4) is 17.0 Å². The van der Waals surface area contributed by atoms with Crippen LogP contribution in [0.4, 0.5) is 5.69 Å². The van der Waals surface area contributed by atoms with Crippen LogP contribution in [0.2, 0.25) is 5.02 Å². The fourth-order valence-electron chi connectivity index (χ4n) is 2.28. The highest BCUT2D eigenvalue weighted by atomic mass is 35.5. The highest BCUT2D eigenvalue weighted by molar-refractivity contribution is 7.99. The Bertz CT molecular complexity index is 863. The second-order valence-corrected chi connectivity index (χ2v) is 6.80. The number of carbonyl (C=O) groups is 1. The van der Waals surface area contributed by atoms with Gasteiger partial charge in [-0.2, -0.15) is 0 Å². The van der Waals surface area contributed by atoms with Gasteiger partial charge in [0, 0.05) is 10.7 Å². The number of nitrogens with zero attached hydrogens (tertiary/aromatic N) is 1. The van der Waals surface area contributed by atoms with Crippen LogP contribution in [0.1, 0.15) is 6.92 Å². The molecule has 1 amide bonds. The van der Waals surface area contributed by atoms with Gasteiger partial charge in [-0.05, 0) is 48.9 Å². The smallest absolute Gasteiger partial charge is 0.234 e. The molecule has 7 heteroatoms. The van der Waals surface area contributed by atoms with E-state index in [1.54, 1.807) is 6.20 Å². The number of hydrogen-bond acceptors (Lipinski definition) is 4. The van der Waals surface area contributed by atoms with E-state index < -0.39 is 0 Å². The third-order valence-electron chi connectivity index (χ3n) is 3.50. The lowest BCUT2D eigenvalue weighted by molar-refractivity contribution is -0.113. The first kappa shape index (κ1) is 18.4. The predicted molar refractivity (Wildman–Crippen MR) is 106 cm³/mol. The number of ether oxygens (including phenoxy) is 1. The Morgan fingerprint density at radius 1 is 1.19 bits per heavy atom. The summed E-state index contributed by atoms with van der Waals surface area (Å²) in [6, 6.07) is 14.8. The van der Waals surface area contributed by atoms with E-state index in [4.69, 9.17) is 16.3 Å². The zero-order valence-corrected chi connectivity index (χ0v) is 15.7. The number of imidazole rings is 1. The average Bonchev–Trinajstić information content (AvgIpc) is 3.11. The van der Waals surface area contributed by atoms with Crippen molar-refractivity contribution in [2.45, 2.75) is 12.1 Å². The average molecular weight is 388 g/mol. The Kier molecular flexibility index (Phi) is 6.20. The second kappa shape index (κ2) is 8.78. The second-order valence-electron chi connectivity index (χ2n) is 5.40. The fourth-order valence-corrected chi connectivity index (χ4v) is 3.06. The molecule has 0 unspecified atom stereocenters. The first-order valence-electron chi connectivity index (χ1n) is 8.10. The molecule has 0 bridgehead atoms. The van der Waals surface area contributed by atoms with E-state index >= 15 is 0 Å². The van der Waals surface area contributed by atoms with Gasteiger partial charge in [0.25, 0.3) is 0 Å². The molecule has 3 aromatic rings. The summed E-state index contributed by atoms with van der Waals surface area (Å²) in [5, 5.41) is 4.23. The lowest BCUT2D eigenvalue weighted by atomic mass is 10.2. The lowest BCUT2D eigenvalue weighted by Gasteiger charge is -2.06. The molecular weight excluding hydrogens is 370 g/mol. The van der Waals surface area contributed by atoms with Crippen LogP contribution in [0, 0.1) is 0 Å². The van der Waals surface area contributed by atoms with E-state index in [-0.39, 0.29) is 11.7 Å². The molecule has 0 saturated heterocycles. The largest absolute Gasteiger partial charge is 0.494 e. The first-order chi connectivity index (χ1) is 12.6. The Balaban J connectivity index is 1.52. The molecule has 26 heavy (non-hydrogen) atoms.